The second-order valence-corrected chi connectivity index (χ2v) is 6.17. The molecule has 0 spiro atoms. The number of benzene rings is 3. The molecule has 0 aliphatic rings. The van der Waals surface area contributed by atoms with Crippen LogP contribution in [0, 0.1) is 6.92 Å². The van der Waals surface area contributed by atoms with Gasteiger partial charge in [0.15, 0.2) is 0 Å². The number of aryl methyl sites for hydroxylation is 1. The molecular formula is C21H19N3O. The number of imidazole rings is 1. The van der Waals surface area contributed by atoms with E-state index in [9.17, 15) is 4.79 Å². The van der Waals surface area contributed by atoms with E-state index in [2.05, 4.69) is 29.4 Å². The van der Waals surface area contributed by atoms with Crippen LogP contribution in [0.3, 0.4) is 0 Å². The topological polar surface area (TPSA) is 49.8 Å². The fourth-order valence-corrected chi connectivity index (χ4v) is 3.04. The maximum Gasteiger partial charge on any atom is 0.326 e. The monoisotopic (exact) mass is 329 g/mol. The molecule has 0 atom stereocenters. The second kappa shape index (κ2) is 6.32. The van der Waals surface area contributed by atoms with Crippen molar-refractivity contribution in [1.82, 2.24) is 9.55 Å². The van der Waals surface area contributed by atoms with Crippen molar-refractivity contribution in [2.45, 2.75) is 13.5 Å². The lowest BCUT2D eigenvalue weighted by molar-refractivity contribution is 0.782. The Kier molecular flexibility index (Phi) is 3.86. The first-order chi connectivity index (χ1) is 12.2. The summed E-state index contributed by atoms with van der Waals surface area (Å²) in [6.45, 7) is 2.63. The summed E-state index contributed by atoms with van der Waals surface area (Å²) in [7, 11) is 0. The van der Waals surface area contributed by atoms with Crippen LogP contribution in [0.2, 0.25) is 0 Å². The molecule has 0 aliphatic carbocycles. The Morgan fingerprint density at radius 2 is 1.68 bits per heavy atom. The number of anilines is 2. The molecule has 4 nitrogen and oxygen atoms in total. The Balaban J connectivity index is 1.69. The molecule has 0 amide bonds. The van der Waals surface area contributed by atoms with Gasteiger partial charge in [-0.1, -0.05) is 42.5 Å². The van der Waals surface area contributed by atoms with Crippen LogP contribution in [0.15, 0.2) is 77.6 Å². The highest BCUT2D eigenvalue weighted by Crippen LogP contribution is 2.21. The van der Waals surface area contributed by atoms with E-state index in [0.717, 1.165) is 28.0 Å². The van der Waals surface area contributed by atoms with Crippen molar-refractivity contribution in [1.29, 1.82) is 0 Å². The van der Waals surface area contributed by atoms with Gasteiger partial charge in [-0.3, -0.25) is 4.57 Å². The van der Waals surface area contributed by atoms with Crippen molar-refractivity contribution < 1.29 is 0 Å². The number of H-pyrrole nitrogens is 1. The predicted molar refractivity (Wildman–Crippen MR) is 103 cm³/mol. The molecule has 1 aromatic heterocycles. The number of nitrogens with zero attached hydrogens (tertiary/aromatic N) is 1. The lowest BCUT2D eigenvalue weighted by atomic mass is 10.1. The average molecular weight is 329 g/mol. The Hall–Kier alpha value is -3.27. The standard InChI is InChI=1S/C21H19N3O/c1-15-7-5-6-8-16(15)14-24-20-12-11-18(13-19(20)23-21(24)25)22-17-9-3-2-4-10-17/h2-13,22H,14H2,1H3,(H,23,25). The molecule has 2 N–H and O–H groups in total. The minimum Gasteiger partial charge on any atom is -0.355 e. The van der Waals surface area contributed by atoms with Crippen LogP contribution >= 0.6 is 0 Å². The number of aromatic nitrogens is 2. The van der Waals surface area contributed by atoms with Crippen LogP contribution in [0.1, 0.15) is 11.1 Å². The highest BCUT2D eigenvalue weighted by molar-refractivity contribution is 5.81. The van der Waals surface area contributed by atoms with Gasteiger partial charge in [-0.05, 0) is 48.4 Å². The molecule has 124 valence electrons. The quantitative estimate of drug-likeness (QED) is 0.582. The predicted octanol–water partition coefficient (Wildman–Crippen LogP) is 4.43. The third-order valence-corrected chi connectivity index (χ3v) is 4.43. The van der Waals surface area contributed by atoms with Gasteiger partial charge in [-0.15, -0.1) is 0 Å². The van der Waals surface area contributed by atoms with Crippen LogP contribution in [-0.2, 0) is 6.54 Å². The summed E-state index contributed by atoms with van der Waals surface area (Å²) in [6.07, 6.45) is 0. The first kappa shape index (κ1) is 15.3. The van der Waals surface area contributed by atoms with E-state index < -0.39 is 0 Å². The molecule has 0 saturated heterocycles. The van der Waals surface area contributed by atoms with E-state index >= 15 is 0 Å². The summed E-state index contributed by atoms with van der Waals surface area (Å²) in [5.41, 5.74) is 5.95. The van der Waals surface area contributed by atoms with Crippen molar-refractivity contribution in [2.24, 2.45) is 0 Å². The van der Waals surface area contributed by atoms with E-state index in [1.54, 1.807) is 4.57 Å². The molecule has 1 heterocycles. The van der Waals surface area contributed by atoms with Gasteiger partial charge in [0.05, 0.1) is 17.6 Å². The molecule has 25 heavy (non-hydrogen) atoms. The van der Waals surface area contributed by atoms with Crippen molar-refractivity contribution in [3.63, 3.8) is 0 Å². The largest absolute Gasteiger partial charge is 0.355 e. The molecule has 4 rings (SSSR count). The van der Waals surface area contributed by atoms with Crippen molar-refractivity contribution >= 4 is 22.4 Å². The summed E-state index contributed by atoms with van der Waals surface area (Å²) in [5, 5.41) is 3.35. The average Bonchev–Trinajstić information content (AvgIpc) is 2.92. The third kappa shape index (κ3) is 3.06. The molecule has 0 bridgehead atoms. The number of hydrogen-bond donors (Lipinski definition) is 2. The number of nitrogens with one attached hydrogen (secondary N) is 2. The van der Waals surface area contributed by atoms with Crippen LogP contribution in [0.25, 0.3) is 11.0 Å². The van der Waals surface area contributed by atoms with Gasteiger partial charge in [0, 0.05) is 11.4 Å². The number of aromatic amines is 1. The third-order valence-electron chi connectivity index (χ3n) is 4.43. The Morgan fingerprint density at radius 1 is 0.920 bits per heavy atom. The summed E-state index contributed by atoms with van der Waals surface area (Å²) in [5.74, 6) is 0. The second-order valence-electron chi connectivity index (χ2n) is 6.17. The number of rotatable bonds is 4. The van der Waals surface area contributed by atoms with Crippen LogP contribution in [0.4, 0.5) is 11.4 Å². The molecular weight excluding hydrogens is 310 g/mol. The van der Waals surface area contributed by atoms with Gasteiger partial charge >= 0.3 is 5.69 Å². The van der Waals surface area contributed by atoms with Crippen molar-refractivity contribution in [3.05, 3.63) is 94.4 Å². The zero-order chi connectivity index (χ0) is 17.2. The van der Waals surface area contributed by atoms with Crippen molar-refractivity contribution in [3.8, 4) is 0 Å². The van der Waals surface area contributed by atoms with Gasteiger partial charge in [0.1, 0.15) is 0 Å². The Labute approximate surface area is 145 Å². The Morgan fingerprint density at radius 3 is 2.48 bits per heavy atom. The van der Waals surface area contributed by atoms with Crippen LogP contribution < -0.4 is 11.0 Å². The maximum atomic E-state index is 12.4. The minimum atomic E-state index is -0.0879. The maximum absolute atomic E-state index is 12.4. The highest BCUT2D eigenvalue weighted by atomic mass is 16.1. The molecule has 0 unspecified atom stereocenters. The molecule has 3 aromatic carbocycles. The smallest absolute Gasteiger partial charge is 0.326 e. The highest BCUT2D eigenvalue weighted by Gasteiger charge is 2.09. The fourth-order valence-electron chi connectivity index (χ4n) is 3.04. The molecule has 4 heteroatoms. The van der Waals surface area contributed by atoms with Crippen molar-refractivity contribution in [2.75, 3.05) is 5.32 Å². The SMILES string of the molecule is Cc1ccccc1Cn1c(=O)[nH]c2cc(Nc3ccccc3)ccc21. The zero-order valence-corrected chi connectivity index (χ0v) is 14.0. The van der Waals surface area contributed by atoms with Crippen LogP contribution in [0.5, 0.6) is 0 Å². The van der Waals surface area contributed by atoms with Crippen LogP contribution in [-0.4, -0.2) is 9.55 Å². The number of fused-ring (bicyclic) bond motifs is 1. The first-order valence-electron chi connectivity index (χ1n) is 8.30. The van der Waals surface area contributed by atoms with Gasteiger partial charge in [-0.2, -0.15) is 0 Å². The van der Waals surface area contributed by atoms with Gasteiger partial charge in [-0.25, -0.2) is 4.79 Å². The summed E-state index contributed by atoms with van der Waals surface area (Å²) in [4.78, 5) is 15.4. The summed E-state index contributed by atoms with van der Waals surface area (Å²) >= 11 is 0. The first-order valence-corrected chi connectivity index (χ1v) is 8.30. The molecule has 0 aliphatic heterocycles. The zero-order valence-electron chi connectivity index (χ0n) is 14.0. The minimum absolute atomic E-state index is 0.0879. The molecule has 0 radical (unpaired) electrons. The van der Waals surface area contributed by atoms with E-state index in [1.165, 1.54) is 5.56 Å². The van der Waals surface area contributed by atoms with Gasteiger partial charge < -0.3 is 10.3 Å². The summed E-state index contributed by atoms with van der Waals surface area (Å²) < 4.78 is 1.78. The lowest BCUT2D eigenvalue weighted by Crippen LogP contribution is -2.17. The lowest BCUT2D eigenvalue weighted by Gasteiger charge is -2.08. The van der Waals surface area contributed by atoms with Gasteiger partial charge in [0.25, 0.3) is 0 Å². The molecule has 4 aromatic rings. The number of para-hydroxylation sites is 1. The number of hydrogen-bond acceptors (Lipinski definition) is 2. The van der Waals surface area contributed by atoms with E-state index in [4.69, 9.17) is 0 Å². The van der Waals surface area contributed by atoms with E-state index in [1.807, 2.05) is 60.7 Å². The van der Waals surface area contributed by atoms with E-state index in [-0.39, 0.29) is 5.69 Å². The van der Waals surface area contributed by atoms with Gasteiger partial charge in [0.2, 0.25) is 0 Å². The van der Waals surface area contributed by atoms with E-state index in [0.29, 0.717) is 6.54 Å². The molecule has 0 fully saturated rings. The normalized spacial score (nSPS) is 10.9. The Bertz CT molecular complexity index is 1080. The summed E-state index contributed by atoms with van der Waals surface area (Å²) in [6, 6.07) is 24.1. The fraction of sp³-hybridized carbons (Fsp3) is 0.0952. The molecule has 0 saturated carbocycles.